The van der Waals surface area contributed by atoms with E-state index in [4.69, 9.17) is 5.73 Å². The monoisotopic (exact) mass is 418 g/mol. The van der Waals surface area contributed by atoms with Gasteiger partial charge in [0, 0.05) is 36.5 Å². The molecule has 0 aromatic carbocycles. The van der Waals surface area contributed by atoms with E-state index >= 15 is 0 Å². The highest BCUT2D eigenvalue weighted by molar-refractivity contribution is 7.15. The van der Waals surface area contributed by atoms with Gasteiger partial charge < -0.3 is 10.6 Å². The highest BCUT2D eigenvalue weighted by Gasteiger charge is 2.32. The van der Waals surface area contributed by atoms with Crippen molar-refractivity contribution in [2.45, 2.75) is 83.6 Å². The fourth-order valence-corrected chi connectivity index (χ4v) is 6.62. The predicted octanol–water partition coefficient (Wildman–Crippen LogP) is 4.11. The van der Waals surface area contributed by atoms with Crippen molar-refractivity contribution in [3.8, 4) is 0 Å². The largest absolute Gasteiger partial charge is 0.375 e. The molecule has 1 saturated heterocycles. The number of likely N-dealkylation sites (tertiary alicyclic amines) is 1. The molecule has 1 atom stereocenters. The normalized spacial score (nSPS) is 24.1. The number of piperidine rings is 1. The van der Waals surface area contributed by atoms with Crippen molar-refractivity contribution in [3.63, 3.8) is 0 Å². The van der Waals surface area contributed by atoms with Gasteiger partial charge in [0.05, 0.1) is 5.69 Å². The minimum Gasteiger partial charge on any atom is -0.375 e. The standard InChI is InChI=1S/C23H38N4OS/c1-2-12-27(19-8-9-20-21(15-19)29-23(24)25-20)16-17-10-13-26(14-11-17)22(28)18-6-4-3-5-7-18/h17-19H,2-16H2,1H3,(H2,24,25)/t19-/m0/s1. The van der Waals surface area contributed by atoms with Gasteiger partial charge in [0.15, 0.2) is 5.13 Å². The van der Waals surface area contributed by atoms with E-state index in [0.29, 0.717) is 17.9 Å². The van der Waals surface area contributed by atoms with Crippen LogP contribution in [0.2, 0.25) is 0 Å². The first kappa shape index (κ1) is 21.1. The maximum atomic E-state index is 12.9. The van der Waals surface area contributed by atoms with E-state index in [1.54, 1.807) is 11.3 Å². The molecule has 1 aliphatic heterocycles. The molecule has 2 aliphatic carbocycles. The number of fused-ring (bicyclic) bond motifs is 1. The number of carbonyl (C=O) groups excluding carboxylic acids is 1. The minimum absolute atomic E-state index is 0.320. The molecule has 162 valence electrons. The Balaban J connectivity index is 1.29. The van der Waals surface area contributed by atoms with Crippen LogP contribution in [0.4, 0.5) is 5.13 Å². The average Bonchev–Trinajstić information content (AvgIpc) is 3.13. The molecule has 0 radical (unpaired) electrons. The summed E-state index contributed by atoms with van der Waals surface area (Å²) in [5, 5.41) is 0.729. The van der Waals surface area contributed by atoms with Crippen molar-refractivity contribution >= 4 is 22.4 Å². The van der Waals surface area contributed by atoms with Crippen LogP contribution >= 0.6 is 11.3 Å². The van der Waals surface area contributed by atoms with Gasteiger partial charge in [-0.05, 0) is 63.8 Å². The number of nitrogen functional groups attached to an aromatic ring is 1. The summed E-state index contributed by atoms with van der Waals surface area (Å²) in [5.74, 6) is 1.50. The van der Waals surface area contributed by atoms with Crippen LogP contribution in [-0.4, -0.2) is 52.9 Å². The van der Waals surface area contributed by atoms with Crippen LogP contribution in [0.1, 0.15) is 75.3 Å². The SMILES string of the molecule is CCCN(CC1CCN(C(=O)C2CCCCC2)CC1)[C@H]1CCc2nc(N)sc2C1. The van der Waals surface area contributed by atoms with Crippen LogP contribution in [0.5, 0.6) is 0 Å². The summed E-state index contributed by atoms with van der Waals surface area (Å²) in [6.45, 7) is 6.60. The number of nitrogens with zero attached hydrogens (tertiary/aromatic N) is 3. The van der Waals surface area contributed by atoms with E-state index in [9.17, 15) is 4.79 Å². The van der Waals surface area contributed by atoms with Crippen molar-refractivity contribution in [1.82, 2.24) is 14.8 Å². The molecule has 2 heterocycles. The molecule has 1 aromatic heterocycles. The summed E-state index contributed by atoms with van der Waals surface area (Å²) in [6, 6.07) is 0.629. The fourth-order valence-electron chi connectivity index (χ4n) is 5.67. The number of aryl methyl sites for hydroxylation is 1. The lowest BCUT2D eigenvalue weighted by atomic mass is 9.87. The number of aromatic nitrogens is 1. The van der Waals surface area contributed by atoms with Gasteiger partial charge >= 0.3 is 0 Å². The lowest BCUT2D eigenvalue weighted by molar-refractivity contribution is -0.138. The molecule has 29 heavy (non-hydrogen) atoms. The lowest BCUT2D eigenvalue weighted by Crippen LogP contribution is -2.47. The predicted molar refractivity (Wildman–Crippen MR) is 120 cm³/mol. The molecule has 1 amide bonds. The van der Waals surface area contributed by atoms with E-state index in [1.165, 1.54) is 68.6 Å². The molecular weight excluding hydrogens is 380 g/mol. The van der Waals surface area contributed by atoms with Crippen LogP contribution in [0.15, 0.2) is 0 Å². The zero-order valence-corrected chi connectivity index (χ0v) is 18.9. The lowest BCUT2D eigenvalue weighted by Gasteiger charge is -2.40. The summed E-state index contributed by atoms with van der Waals surface area (Å²) in [4.78, 5) is 23.7. The zero-order valence-electron chi connectivity index (χ0n) is 18.1. The van der Waals surface area contributed by atoms with Gasteiger partial charge in [-0.3, -0.25) is 9.69 Å². The third-order valence-electron chi connectivity index (χ3n) is 7.33. The van der Waals surface area contributed by atoms with E-state index in [0.717, 1.165) is 49.8 Å². The van der Waals surface area contributed by atoms with Crippen LogP contribution in [0.3, 0.4) is 0 Å². The molecule has 2 N–H and O–H groups in total. The Bertz CT molecular complexity index is 676. The van der Waals surface area contributed by atoms with Crippen molar-refractivity contribution in [3.05, 3.63) is 10.6 Å². The number of hydrogen-bond acceptors (Lipinski definition) is 5. The number of rotatable bonds is 6. The third kappa shape index (κ3) is 5.13. The molecule has 3 aliphatic rings. The Morgan fingerprint density at radius 1 is 1.17 bits per heavy atom. The molecule has 6 heteroatoms. The Morgan fingerprint density at radius 3 is 2.66 bits per heavy atom. The Hall–Kier alpha value is -1.14. The number of nitrogens with two attached hydrogens (primary N) is 1. The van der Waals surface area contributed by atoms with Crippen LogP contribution < -0.4 is 5.73 Å². The summed E-state index contributed by atoms with van der Waals surface area (Å²) < 4.78 is 0. The number of carbonyl (C=O) groups is 1. The molecule has 4 rings (SSSR count). The number of thiazole rings is 1. The highest BCUT2D eigenvalue weighted by Crippen LogP contribution is 2.32. The van der Waals surface area contributed by atoms with Gasteiger partial charge in [-0.1, -0.05) is 26.2 Å². The van der Waals surface area contributed by atoms with Crippen molar-refractivity contribution in [2.75, 3.05) is 31.9 Å². The first-order chi connectivity index (χ1) is 14.1. The molecule has 0 spiro atoms. The number of hydrogen-bond donors (Lipinski definition) is 1. The summed E-state index contributed by atoms with van der Waals surface area (Å²) in [7, 11) is 0. The first-order valence-corrected chi connectivity index (χ1v) is 12.7. The van der Waals surface area contributed by atoms with Crippen molar-refractivity contribution in [2.24, 2.45) is 11.8 Å². The van der Waals surface area contributed by atoms with Gasteiger partial charge in [0.25, 0.3) is 0 Å². The Morgan fingerprint density at radius 2 is 1.93 bits per heavy atom. The number of anilines is 1. The van der Waals surface area contributed by atoms with Crippen LogP contribution in [-0.2, 0) is 17.6 Å². The van der Waals surface area contributed by atoms with Gasteiger partial charge in [-0.15, -0.1) is 11.3 Å². The Kier molecular flexibility index (Phi) is 7.12. The van der Waals surface area contributed by atoms with E-state index in [-0.39, 0.29) is 0 Å². The van der Waals surface area contributed by atoms with E-state index < -0.39 is 0 Å². The summed E-state index contributed by atoms with van der Waals surface area (Å²) in [6.07, 6.45) is 13.0. The molecule has 0 unspecified atom stereocenters. The maximum Gasteiger partial charge on any atom is 0.225 e. The second-order valence-corrected chi connectivity index (χ2v) is 10.5. The van der Waals surface area contributed by atoms with Gasteiger partial charge in [-0.25, -0.2) is 4.98 Å². The molecule has 1 saturated carbocycles. The summed E-state index contributed by atoms with van der Waals surface area (Å²) in [5.41, 5.74) is 7.19. The quantitative estimate of drug-likeness (QED) is 0.755. The molecule has 2 fully saturated rings. The zero-order chi connectivity index (χ0) is 20.2. The van der Waals surface area contributed by atoms with Gasteiger partial charge in [-0.2, -0.15) is 0 Å². The van der Waals surface area contributed by atoms with Crippen molar-refractivity contribution < 1.29 is 4.79 Å². The average molecular weight is 419 g/mol. The summed E-state index contributed by atoms with van der Waals surface area (Å²) >= 11 is 1.69. The smallest absolute Gasteiger partial charge is 0.225 e. The topological polar surface area (TPSA) is 62.5 Å². The number of amides is 1. The maximum absolute atomic E-state index is 12.9. The van der Waals surface area contributed by atoms with Gasteiger partial charge in [0.2, 0.25) is 5.91 Å². The van der Waals surface area contributed by atoms with Crippen LogP contribution in [0.25, 0.3) is 0 Å². The molecular formula is C23H38N4OS. The molecule has 0 bridgehead atoms. The molecule has 1 aromatic rings. The van der Waals surface area contributed by atoms with Gasteiger partial charge in [0.1, 0.15) is 0 Å². The third-order valence-corrected chi connectivity index (χ3v) is 8.28. The van der Waals surface area contributed by atoms with E-state index in [1.807, 2.05) is 0 Å². The van der Waals surface area contributed by atoms with Crippen LogP contribution in [0, 0.1) is 11.8 Å². The highest BCUT2D eigenvalue weighted by atomic mass is 32.1. The second-order valence-electron chi connectivity index (χ2n) is 9.42. The molecule has 5 nitrogen and oxygen atoms in total. The minimum atomic E-state index is 0.320. The van der Waals surface area contributed by atoms with Crippen molar-refractivity contribution in [1.29, 1.82) is 0 Å². The fraction of sp³-hybridized carbons (Fsp3) is 0.826. The first-order valence-electron chi connectivity index (χ1n) is 11.9. The Labute approximate surface area is 180 Å². The van der Waals surface area contributed by atoms with E-state index in [2.05, 4.69) is 21.7 Å². The second kappa shape index (κ2) is 9.78.